The summed E-state index contributed by atoms with van der Waals surface area (Å²) in [6, 6.07) is 17.2. The fourth-order valence-corrected chi connectivity index (χ4v) is 2.74. The highest BCUT2D eigenvalue weighted by atomic mass is 16.3. The highest BCUT2D eigenvalue weighted by Gasteiger charge is 2.12. The van der Waals surface area contributed by atoms with Crippen LogP contribution in [0.4, 0.5) is 0 Å². The Morgan fingerprint density at radius 1 is 1.08 bits per heavy atom. The first-order chi connectivity index (χ1) is 12.8. The Kier molecular flexibility index (Phi) is 6.06. The van der Waals surface area contributed by atoms with E-state index in [4.69, 9.17) is 5.11 Å². The molecule has 0 saturated carbocycles. The molecule has 1 amide bonds. The molecule has 5 nitrogen and oxygen atoms in total. The Labute approximate surface area is 152 Å². The van der Waals surface area contributed by atoms with Crippen molar-refractivity contribution in [2.24, 2.45) is 0 Å². The fraction of sp³-hybridized carbons (Fsp3) is 0.190. The van der Waals surface area contributed by atoms with Crippen LogP contribution >= 0.6 is 0 Å². The zero-order valence-electron chi connectivity index (χ0n) is 14.4. The maximum atomic E-state index is 12.3. The molecule has 26 heavy (non-hydrogen) atoms. The van der Waals surface area contributed by atoms with Gasteiger partial charge in [-0.3, -0.25) is 9.78 Å². The third kappa shape index (κ3) is 4.74. The summed E-state index contributed by atoms with van der Waals surface area (Å²) >= 11 is 0. The fourth-order valence-electron chi connectivity index (χ4n) is 2.74. The number of aliphatic hydroxyl groups is 1. The molecule has 3 aromatic rings. The summed E-state index contributed by atoms with van der Waals surface area (Å²) in [6.07, 6.45) is 6.07. The van der Waals surface area contributed by atoms with Gasteiger partial charge < -0.3 is 10.4 Å². The average Bonchev–Trinajstić information content (AvgIpc) is 2.70. The van der Waals surface area contributed by atoms with Gasteiger partial charge in [-0.25, -0.2) is 4.98 Å². The minimum atomic E-state index is -0.202. The second kappa shape index (κ2) is 8.87. The lowest BCUT2D eigenvalue weighted by Gasteiger charge is -2.18. The summed E-state index contributed by atoms with van der Waals surface area (Å²) in [4.78, 5) is 21.1. The van der Waals surface area contributed by atoms with Gasteiger partial charge in [0.25, 0.3) is 0 Å². The van der Waals surface area contributed by atoms with Crippen molar-refractivity contribution in [1.82, 2.24) is 15.3 Å². The van der Waals surface area contributed by atoms with Gasteiger partial charge in [0.2, 0.25) is 5.91 Å². The second-order valence-electron chi connectivity index (χ2n) is 5.95. The number of benzene rings is 2. The van der Waals surface area contributed by atoms with Crippen LogP contribution in [-0.4, -0.2) is 27.6 Å². The van der Waals surface area contributed by atoms with Crippen LogP contribution in [-0.2, 0) is 4.79 Å². The number of nitrogens with one attached hydrogen (secondary N) is 1. The predicted octanol–water partition coefficient (Wildman–Crippen LogP) is 3.27. The SMILES string of the molecule is O=C(/C=C/c1cnc2ccccc2n1)NC(CCCO)c1ccccc1. The number of rotatable bonds is 7. The van der Waals surface area contributed by atoms with Gasteiger partial charge in [-0.15, -0.1) is 0 Å². The molecule has 2 N–H and O–H groups in total. The number of carbonyl (C=O) groups excluding carboxylic acids is 1. The number of fused-ring (bicyclic) bond motifs is 1. The number of amides is 1. The van der Waals surface area contributed by atoms with E-state index in [0.717, 1.165) is 16.6 Å². The van der Waals surface area contributed by atoms with Crippen LogP contribution in [0.15, 0.2) is 66.9 Å². The van der Waals surface area contributed by atoms with Crippen LogP contribution in [0.3, 0.4) is 0 Å². The van der Waals surface area contributed by atoms with E-state index in [1.54, 1.807) is 12.3 Å². The Hall–Kier alpha value is -3.05. The molecule has 0 aliphatic heterocycles. The second-order valence-corrected chi connectivity index (χ2v) is 5.95. The smallest absolute Gasteiger partial charge is 0.244 e. The highest BCUT2D eigenvalue weighted by Crippen LogP contribution is 2.18. The summed E-state index contributed by atoms with van der Waals surface area (Å²) < 4.78 is 0. The van der Waals surface area contributed by atoms with E-state index in [1.807, 2.05) is 54.6 Å². The molecule has 0 radical (unpaired) electrons. The van der Waals surface area contributed by atoms with Crippen molar-refractivity contribution in [1.29, 1.82) is 0 Å². The number of aliphatic hydroxyl groups excluding tert-OH is 1. The van der Waals surface area contributed by atoms with Crippen molar-refractivity contribution >= 4 is 23.0 Å². The number of aromatic nitrogens is 2. The molecular weight excluding hydrogens is 326 g/mol. The summed E-state index contributed by atoms with van der Waals surface area (Å²) in [5, 5.41) is 12.1. The Balaban J connectivity index is 1.69. The van der Waals surface area contributed by atoms with Gasteiger partial charge in [0.05, 0.1) is 29.0 Å². The zero-order chi connectivity index (χ0) is 18.2. The lowest BCUT2D eigenvalue weighted by Crippen LogP contribution is -2.27. The van der Waals surface area contributed by atoms with Crippen LogP contribution in [0.25, 0.3) is 17.1 Å². The van der Waals surface area contributed by atoms with Gasteiger partial charge in [-0.2, -0.15) is 0 Å². The number of nitrogens with zero attached hydrogens (tertiary/aromatic N) is 2. The maximum Gasteiger partial charge on any atom is 0.244 e. The van der Waals surface area contributed by atoms with E-state index in [2.05, 4.69) is 15.3 Å². The molecule has 2 aromatic carbocycles. The normalized spacial score (nSPS) is 12.3. The number of hydrogen-bond donors (Lipinski definition) is 2. The quantitative estimate of drug-likeness (QED) is 0.643. The molecule has 5 heteroatoms. The van der Waals surface area contributed by atoms with Gasteiger partial charge >= 0.3 is 0 Å². The van der Waals surface area contributed by atoms with Crippen LogP contribution < -0.4 is 5.32 Å². The molecule has 0 spiro atoms. The Morgan fingerprint density at radius 3 is 2.58 bits per heavy atom. The number of carbonyl (C=O) groups is 1. The summed E-state index contributed by atoms with van der Waals surface area (Å²) in [5.41, 5.74) is 3.26. The van der Waals surface area contributed by atoms with Crippen molar-refractivity contribution in [2.45, 2.75) is 18.9 Å². The Morgan fingerprint density at radius 2 is 1.81 bits per heavy atom. The molecule has 1 unspecified atom stereocenters. The molecule has 0 fully saturated rings. The van der Waals surface area contributed by atoms with Gasteiger partial charge in [-0.1, -0.05) is 42.5 Å². The minimum absolute atomic E-state index is 0.0989. The molecular formula is C21H21N3O2. The van der Waals surface area contributed by atoms with E-state index < -0.39 is 0 Å². The topological polar surface area (TPSA) is 75.1 Å². The monoisotopic (exact) mass is 347 g/mol. The van der Waals surface area contributed by atoms with Crippen LogP contribution in [0, 0.1) is 0 Å². The third-order valence-electron chi connectivity index (χ3n) is 4.04. The lowest BCUT2D eigenvalue weighted by atomic mass is 10.0. The average molecular weight is 347 g/mol. The number of hydrogen-bond acceptors (Lipinski definition) is 4. The van der Waals surface area contributed by atoms with Crippen LogP contribution in [0.1, 0.15) is 30.1 Å². The zero-order valence-corrected chi connectivity index (χ0v) is 14.4. The lowest BCUT2D eigenvalue weighted by molar-refractivity contribution is -0.117. The molecule has 0 aliphatic rings. The summed E-state index contributed by atoms with van der Waals surface area (Å²) in [5.74, 6) is -0.202. The molecule has 0 bridgehead atoms. The Bertz CT molecular complexity index is 894. The van der Waals surface area contributed by atoms with Gasteiger partial charge in [0.1, 0.15) is 0 Å². The van der Waals surface area contributed by atoms with E-state index in [0.29, 0.717) is 18.5 Å². The molecule has 1 heterocycles. The van der Waals surface area contributed by atoms with Crippen molar-refractivity contribution in [3.63, 3.8) is 0 Å². The first-order valence-electron chi connectivity index (χ1n) is 8.62. The van der Waals surface area contributed by atoms with Gasteiger partial charge in [-0.05, 0) is 36.6 Å². The van der Waals surface area contributed by atoms with Gasteiger partial charge in [0.15, 0.2) is 0 Å². The molecule has 132 valence electrons. The predicted molar refractivity (Wildman–Crippen MR) is 102 cm³/mol. The first kappa shape index (κ1) is 17.8. The summed E-state index contributed by atoms with van der Waals surface area (Å²) in [7, 11) is 0. The van der Waals surface area contributed by atoms with E-state index in [1.165, 1.54) is 6.08 Å². The van der Waals surface area contributed by atoms with Crippen molar-refractivity contribution in [3.8, 4) is 0 Å². The largest absolute Gasteiger partial charge is 0.396 e. The maximum absolute atomic E-state index is 12.3. The third-order valence-corrected chi connectivity index (χ3v) is 4.04. The molecule has 0 saturated heterocycles. The van der Waals surface area contributed by atoms with Crippen molar-refractivity contribution in [3.05, 3.63) is 78.1 Å². The van der Waals surface area contributed by atoms with Crippen LogP contribution in [0.2, 0.25) is 0 Å². The van der Waals surface area contributed by atoms with Crippen molar-refractivity contribution in [2.75, 3.05) is 6.61 Å². The number of para-hydroxylation sites is 2. The highest BCUT2D eigenvalue weighted by molar-refractivity contribution is 5.92. The standard InChI is InChI=1S/C21H21N3O2/c25-14-6-11-18(16-7-2-1-3-8-16)24-21(26)13-12-17-15-22-19-9-4-5-10-20(19)23-17/h1-5,7-10,12-13,15,18,25H,6,11,14H2,(H,24,26)/b13-12+. The first-order valence-corrected chi connectivity index (χ1v) is 8.62. The van der Waals surface area contributed by atoms with E-state index in [-0.39, 0.29) is 18.6 Å². The molecule has 1 atom stereocenters. The minimum Gasteiger partial charge on any atom is -0.396 e. The summed E-state index contributed by atoms with van der Waals surface area (Å²) in [6.45, 7) is 0.0989. The van der Waals surface area contributed by atoms with Crippen molar-refractivity contribution < 1.29 is 9.90 Å². The van der Waals surface area contributed by atoms with Gasteiger partial charge in [0, 0.05) is 12.7 Å². The van der Waals surface area contributed by atoms with E-state index >= 15 is 0 Å². The molecule has 3 rings (SSSR count). The van der Waals surface area contributed by atoms with E-state index in [9.17, 15) is 4.79 Å². The van der Waals surface area contributed by atoms with Crippen LogP contribution in [0.5, 0.6) is 0 Å². The molecule has 1 aromatic heterocycles. The molecule has 0 aliphatic carbocycles.